The average molecular weight is 347 g/mol. The van der Waals surface area contributed by atoms with E-state index in [1.165, 1.54) is 12.1 Å². The molecule has 3 rings (SSSR count). The summed E-state index contributed by atoms with van der Waals surface area (Å²) in [4.78, 5) is 29.1. The summed E-state index contributed by atoms with van der Waals surface area (Å²) in [7, 11) is 0. The molecule has 1 heterocycles. The third-order valence-electron chi connectivity index (χ3n) is 3.91. The summed E-state index contributed by atoms with van der Waals surface area (Å²) in [5.41, 5.74) is 1.72. The van der Waals surface area contributed by atoms with Gasteiger partial charge in [-0.1, -0.05) is 48.5 Å². The number of carbonyl (C=O) groups is 1. The van der Waals surface area contributed by atoms with Crippen molar-refractivity contribution in [3.05, 3.63) is 100 Å². The van der Waals surface area contributed by atoms with E-state index in [9.17, 15) is 14.9 Å². The number of nitrogens with zero attached hydrogens (tertiary/aromatic N) is 3. The van der Waals surface area contributed by atoms with Crippen molar-refractivity contribution < 1.29 is 9.72 Å². The van der Waals surface area contributed by atoms with Crippen molar-refractivity contribution in [2.75, 3.05) is 4.90 Å². The maximum atomic E-state index is 12.9. The number of nitro groups is 1. The van der Waals surface area contributed by atoms with Crippen LogP contribution in [0, 0.1) is 10.1 Å². The van der Waals surface area contributed by atoms with Gasteiger partial charge in [0.1, 0.15) is 5.82 Å². The van der Waals surface area contributed by atoms with Crippen molar-refractivity contribution in [1.82, 2.24) is 4.98 Å². The molecule has 0 bridgehead atoms. The van der Waals surface area contributed by atoms with E-state index in [1.54, 1.807) is 35.4 Å². The fraction of sp³-hybridized carbons (Fsp3) is 0.100. The highest BCUT2D eigenvalue weighted by Gasteiger charge is 2.18. The number of amides is 1. The molecule has 0 aliphatic rings. The number of aromatic nitrogens is 1. The molecule has 0 atom stereocenters. The van der Waals surface area contributed by atoms with Crippen molar-refractivity contribution in [3.8, 4) is 0 Å². The number of hydrogen-bond donors (Lipinski definition) is 0. The molecule has 130 valence electrons. The Hall–Kier alpha value is -3.54. The van der Waals surface area contributed by atoms with Crippen molar-refractivity contribution in [1.29, 1.82) is 0 Å². The molecule has 3 aromatic rings. The molecule has 26 heavy (non-hydrogen) atoms. The Morgan fingerprint density at radius 3 is 2.23 bits per heavy atom. The van der Waals surface area contributed by atoms with Crippen molar-refractivity contribution in [2.24, 2.45) is 0 Å². The largest absolute Gasteiger partial charge is 0.292 e. The minimum atomic E-state index is -0.457. The zero-order valence-corrected chi connectivity index (χ0v) is 14.0. The van der Waals surface area contributed by atoms with Crippen LogP contribution in [-0.2, 0) is 17.8 Å². The van der Waals surface area contributed by atoms with Crippen LogP contribution < -0.4 is 4.90 Å². The highest BCUT2D eigenvalue weighted by atomic mass is 16.6. The molecular formula is C20H17N3O3. The van der Waals surface area contributed by atoms with Crippen LogP contribution in [0.3, 0.4) is 0 Å². The van der Waals surface area contributed by atoms with Crippen LogP contribution in [0.15, 0.2) is 79.0 Å². The lowest BCUT2D eigenvalue weighted by Crippen LogP contribution is -2.32. The van der Waals surface area contributed by atoms with E-state index in [4.69, 9.17) is 0 Å². The third kappa shape index (κ3) is 4.30. The molecule has 0 N–H and O–H groups in total. The third-order valence-corrected chi connectivity index (χ3v) is 3.91. The summed E-state index contributed by atoms with van der Waals surface area (Å²) < 4.78 is 0. The lowest BCUT2D eigenvalue weighted by atomic mass is 10.1. The summed E-state index contributed by atoms with van der Waals surface area (Å²) in [5.74, 6) is 0.449. The molecule has 6 heteroatoms. The minimum Gasteiger partial charge on any atom is -0.292 e. The molecular weight excluding hydrogens is 330 g/mol. The topological polar surface area (TPSA) is 76.3 Å². The van der Waals surface area contributed by atoms with Crippen LogP contribution >= 0.6 is 0 Å². The van der Waals surface area contributed by atoms with Gasteiger partial charge in [-0.15, -0.1) is 0 Å². The first-order valence-electron chi connectivity index (χ1n) is 8.12. The highest BCUT2D eigenvalue weighted by Crippen LogP contribution is 2.18. The number of carbonyl (C=O) groups excluding carboxylic acids is 1. The molecule has 0 aliphatic carbocycles. The van der Waals surface area contributed by atoms with Crippen molar-refractivity contribution in [3.63, 3.8) is 0 Å². The Labute approximate surface area is 150 Å². The predicted molar refractivity (Wildman–Crippen MR) is 98.7 cm³/mol. The molecule has 0 fully saturated rings. The zero-order chi connectivity index (χ0) is 18.4. The van der Waals surface area contributed by atoms with Gasteiger partial charge in [-0.3, -0.25) is 19.8 Å². The molecule has 0 spiro atoms. The SMILES string of the molecule is O=C(Cc1ccc([N+](=O)[O-])cc1)N(Cc1ccccc1)c1ccccn1. The maximum absolute atomic E-state index is 12.9. The molecule has 1 amide bonds. The smallest absolute Gasteiger partial charge is 0.269 e. The van der Waals surface area contributed by atoms with Crippen LogP contribution in [0.4, 0.5) is 11.5 Å². The van der Waals surface area contributed by atoms with E-state index in [0.717, 1.165) is 11.1 Å². The normalized spacial score (nSPS) is 10.3. The Morgan fingerprint density at radius 2 is 1.62 bits per heavy atom. The summed E-state index contributed by atoms with van der Waals surface area (Å²) in [6, 6.07) is 21.1. The van der Waals surface area contributed by atoms with Gasteiger partial charge in [-0.2, -0.15) is 0 Å². The van der Waals surface area contributed by atoms with E-state index in [1.807, 2.05) is 36.4 Å². The van der Waals surface area contributed by atoms with Crippen LogP contribution in [-0.4, -0.2) is 15.8 Å². The van der Waals surface area contributed by atoms with Gasteiger partial charge < -0.3 is 0 Å². The fourth-order valence-electron chi connectivity index (χ4n) is 2.58. The summed E-state index contributed by atoms with van der Waals surface area (Å²) >= 11 is 0. The van der Waals surface area contributed by atoms with Crippen LogP contribution in [0.2, 0.25) is 0 Å². The standard InChI is InChI=1S/C20H17N3O3/c24-20(14-16-9-11-18(12-10-16)23(25)26)22(19-8-4-5-13-21-19)15-17-6-2-1-3-7-17/h1-13H,14-15H2. The van der Waals surface area contributed by atoms with Gasteiger partial charge in [0.05, 0.1) is 17.9 Å². The second-order valence-corrected chi connectivity index (χ2v) is 5.75. The van der Waals surface area contributed by atoms with Gasteiger partial charge in [-0.25, -0.2) is 4.98 Å². The van der Waals surface area contributed by atoms with Gasteiger partial charge in [0.2, 0.25) is 5.91 Å². The lowest BCUT2D eigenvalue weighted by molar-refractivity contribution is -0.384. The van der Waals surface area contributed by atoms with Crippen LogP contribution in [0.25, 0.3) is 0 Å². The molecule has 1 aromatic heterocycles. The van der Waals surface area contributed by atoms with E-state index < -0.39 is 4.92 Å². The number of nitro benzene ring substituents is 1. The average Bonchev–Trinajstić information content (AvgIpc) is 2.68. The number of anilines is 1. The number of benzene rings is 2. The molecule has 0 radical (unpaired) electrons. The highest BCUT2D eigenvalue weighted by molar-refractivity contribution is 5.93. The second kappa shape index (κ2) is 8.02. The minimum absolute atomic E-state index is 0.00654. The maximum Gasteiger partial charge on any atom is 0.269 e. The molecule has 0 aliphatic heterocycles. The van der Waals surface area contributed by atoms with Gasteiger partial charge in [-0.05, 0) is 23.3 Å². The fourth-order valence-corrected chi connectivity index (χ4v) is 2.58. The Balaban J connectivity index is 1.81. The van der Waals surface area contributed by atoms with Gasteiger partial charge >= 0.3 is 0 Å². The van der Waals surface area contributed by atoms with Gasteiger partial charge in [0, 0.05) is 18.3 Å². The zero-order valence-electron chi connectivity index (χ0n) is 14.0. The Bertz CT molecular complexity index is 881. The predicted octanol–water partition coefficient (Wildman–Crippen LogP) is 3.77. The molecule has 2 aromatic carbocycles. The van der Waals surface area contributed by atoms with Crippen molar-refractivity contribution >= 4 is 17.4 Å². The summed E-state index contributed by atoms with van der Waals surface area (Å²) in [6.07, 6.45) is 1.79. The quantitative estimate of drug-likeness (QED) is 0.502. The number of hydrogen-bond acceptors (Lipinski definition) is 4. The Kier molecular flexibility index (Phi) is 5.34. The number of pyridine rings is 1. The molecule has 6 nitrogen and oxygen atoms in total. The summed E-state index contributed by atoms with van der Waals surface area (Å²) in [5, 5.41) is 10.8. The first-order chi connectivity index (χ1) is 12.6. The molecule has 0 saturated heterocycles. The number of rotatable bonds is 6. The van der Waals surface area contributed by atoms with Gasteiger partial charge in [0.15, 0.2) is 0 Å². The van der Waals surface area contributed by atoms with Gasteiger partial charge in [0.25, 0.3) is 5.69 Å². The van der Waals surface area contributed by atoms with E-state index >= 15 is 0 Å². The second-order valence-electron chi connectivity index (χ2n) is 5.75. The van der Waals surface area contributed by atoms with Crippen LogP contribution in [0.1, 0.15) is 11.1 Å². The monoisotopic (exact) mass is 347 g/mol. The van der Waals surface area contributed by atoms with Crippen LogP contribution in [0.5, 0.6) is 0 Å². The van der Waals surface area contributed by atoms with E-state index in [2.05, 4.69) is 4.98 Å². The Morgan fingerprint density at radius 1 is 0.923 bits per heavy atom. The van der Waals surface area contributed by atoms with E-state index in [0.29, 0.717) is 12.4 Å². The molecule has 0 unspecified atom stereocenters. The number of non-ortho nitro benzene ring substituents is 1. The summed E-state index contributed by atoms with van der Waals surface area (Å²) in [6.45, 7) is 0.406. The first kappa shape index (κ1) is 17.3. The lowest BCUT2D eigenvalue weighted by Gasteiger charge is -2.22. The first-order valence-corrected chi connectivity index (χ1v) is 8.12. The van der Waals surface area contributed by atoms with Crippen molar-refractivity contribution in [2.45, 2.75) is 13.0 Å². The van der Waals surface area contributed by atoms with E-state index in [-0.39, 0.29) is 18.0 Å². The molecule has 0 saturated carbocycles.